The highest BCUT2D eigenvalue weighted by atomic mass is 32.1. The van der Waals surface area contributed by atoms with Gasteiger partial charge < -0.3 is 5.11 Å². The van der Waals surface area contributed by atoms with Crippen LogP contribution in [0.15, 0.2) is 5.16 Å². The number of carboxylic acid groups (broad SMARTS) is 1. The smallest absolute Gasteiger partial charge is 0.328 e. The number of hydrogen-bond acceptors (Lipinski definition) is 5. The molecule has 0 amide bonds. The van der Waals surface area contributed by atoms with Crippen molar-refractivity contribution in [2.75, 3.05) is 0 Å². The van der Waals surface area contributed by atoms with E-state index in [9.17, 15) is 4.79 Å². The zero-order valence-electron chi connectivity index (χ0n) is 8.50. The number of aliphatic carboxylic acids is 1. The van der Waals surface area contributed by atoms with E-state index in [0.717, 1.165) is 19.3 Å². The molecule has 1 aromatic heterocycles. The van der Waals surface area contributed by atoms with Gasteiger partial charge in [-0.25, -0.2) is 9.48 Å². The van der Waals surface area contributed by atoms with Crippen LogP contribution in [0.3, 0.4) is 0 Å². The molecule has 0 bridgehead atoms. The minimum atomic E-state index is -0.922. The summed E-state index contributed by atoms with van der Waals surface area (Å²) in [6, 6.07) is -0.709. The molecule has 0 aliphatic rings. The third-order valence-corrected chi connectivity index (χ3v) is 2.43. The normalized spacial score (nSPS) is 12.7. The van der Waals surface area contributed by atoms with E-state index in [2.05, 4.69) is 35.1 Å². The van der Waals surface area contributed by atoms with Crippen molar-refractivity contribution in [2.24, 2.45) is 0 Å². The van der Waals surface area contributed by atoms with Crippen LogP contribution >= 0.6 is 12.6 Å². The van der Waals surface area contributed by atoms with Crippen molar-refractivity contribution in [3.8, 4) is 0 Å². The first-order chi connectivity index (χ1) is 7.16. The summed E-state index contributed by atoms with van der Waals surface area (Å²) in [4.78, 5) is 11.0. The third-order valence-electron chi connectivity index (χ3n) is 2.14. The van der Waals surface area contributed by atoms with Crippen LogP contribution in [0.2, 0.25) is 0 Å². The number of carboxylic acids is 1. The SMILES string of the molecule is CCCCCC(C(=O)O)n1nnnc1S. The predicted molar refractivity (Wildman–Crippen MR) is 55.9 cm³/mol. The molecule has 1 unspecified atom stereocenters. The molecule has 7 heteroatoms. The predicted octanol–water partition coefficient (Wildman–Crippen LogP) is 1.17. The molecule has 1 N–H and O–H groups in total. The quantitative estimate of drug-likeness (QED) is 0.566. The Morgan fingerprint density at radius 3 is 2.80 bits per heavy atom. The molecule has 1 aromatic rings. The summed E-state index contributed by atoms with van der Waals surface area (Å²) in [5.41, 5.74) is 0. The fourth-order valence-corrected chi connectivity index (χ4v) is 1.55. The molecular formula is C8H14N4O2S. The summed E-state index contributed by atoms with van der Waals surface area (Å²) in [5, 5.41) is 19.8. The maximum Gasteiger partial charge on any atom is 0.328 e. The molecule has 0 saturated carbocycles. The number of carbonyl (C=O) groups is 1. The van der Waals surface area contributed by atoms with Crippen molar-refractivity contribution in [3.63, 3.8) is 0 Å². The lowest BCUT2D eigenvalue weighted by Crippen LogP contribution is -2.20. The van der Waals surface area contributed by atoms with E-state index in [1.165, 1.54) is 4.68 Å². The van der Waals surface area contributed by atoms with Gasteiger partial charge in [0.25, 0.3) is 0 Å². The van der Waals surface area contributed by atoms with Gasteiger partial charge in [-0.3, -0.25) is 0 Å². The fraction of sp³-hybridized carbons (Fsp3) is 0.750. The summed E-state index contributed by atoms with van der Waals surface area (Å²) in [6.07, 6.45) is 3.44. The Morgan fingerprint density at radius 1 is 1.60 bits per heavy atom. The first-order valence-corrected chi connectivity index (χ1v) is 5.31. The number of thiol groups is 1. The van der Waals surface area contributed by atoms with Gasteiger partial charge in [0.15, 0.2) is 6.04 Å². The standard InChI is InChI=1S/C8H14N4O2S/c1-2-3-4-5-6(7(13)14)12-8(15)9-10-11-12/h6H,2-5H2,1H3,(H,13,14)(H,9,11,15). The maximum absolute atomic E-state index is 11.0. The number of nitrogens with zero attached hydrogens (tertiary/aromatic N) is 4. The van der Waals surface area contributed by atoms with Gasteiger partial charge in [-0.05, 0) is 16.8 Å². The maximum atomic E-state index is 11.0. The molecule has 0 fully saturated rings. The minimum Gasteiger partial charge on any atom is -0.480 e. The zero-order chi connectivity index (χ0) is 11.3. The van der Waals surface area contributed by atoms with Crippen LogP contribution in [0.25, 0.3) is 0 Å². The van der Waals surface area contributed by atoms with Crippen LogP contribution in [-0.4, -0.2) is 31.3 Å². The summed E-state index contributed by atoms with van der Waals surface area (Å²) in [6.45, 7) is 2.07. The molecule has 6 nitrogen and oxygen atoms in total. The lowest BCUT2D eigenvalue weighted by molar-refractivity contribution is -0.141. The van der Waals surface area contributed by atoms with Gasteiger partial charge in [0, 0.05) is 0 Å². The molecule has 0 aromatic carbocycles. The van der Waals surface area contributed by atoms with Gasteiger partial charge in [0.1, 0.15) is 0 Å². The van der Waals surface area contributed by atoms with Crippen LogP contribution < -0.4 is 0 Å². The zero-order valence-corrected chi connectivity index (χ0v) is 9.39. The monoisotopic (exact) mass is 230 g/mol. The van der Waals surface area contributed by atoms with Crippen LogP contribution in [0, 0.1) is 0 Å². The first-order valence-electron chi connectivity index (χ1n) is 4.86. The Morgan fingerprint density at radius 2 is 2.33 bits per heavy atom. The Labute approximate surface area is 93.1 Å². The molecule has 1 rings (SSSR count). The average molecular weight is 230 g/mol. The molecule has 1 atom stereocenters. The summed E-state index contributed by atoms with van der Waals surface area (Å²) in [5.74, 6) is -0.922. The Hall–Kier alpha value is -1.11. The van der Waals surface area contributed by atoms with E-state index in [1.807, 2.05) is 0 Å². The second kappa shape index (κ2) is 5.69. The second-order valence-corrected chi connectivity index (χ2v) is 3.67. The van der Waals surface area contributed by atoms with Crippen molar-refractivity contribution in [1.29, 1.82) is 0 Å². The lowest BCUT2D eigenvalue weighted by atomic mass is 10.1. The largest absolute Gasteiger partial charge is 0.480 e. The number of hydrogen-bond donors (Lipinski definition) is 2. The minimum absolute atomic E-state index is 0.235. The molecule has 0 aliphatic carbocycles. The Balaban J connectivity index is 2.67. The van der Waals surface area contributed by atoms with E-state index in [4.69, 9.17) is 5.11 Å². The van der Waals surface area contributed by atoms with Gasteiger partial charge in [0.05, 0.1) is 0 Å². The van der Waals surface area contributed by atoms with Gasteiger partial charge in [-0.15, -0.1) is 17.7 Å². The lowest BCUT2D eigenvalue weighted by Gasteiger charge is -2.11. The van der Waals surface area contributed by atoms with Gasteiger partial charge in [-0.1, -0.05) is 26.2 Å². The molecule has 15 heavy (non-hydrogen) atoms. The molecule has 1 heterocycles. The first kappa shape index (κ1) is 12.0. The Kier molecular flexibility index (Phi) is 4.54. The van der Waals surface area contributed by atoms with E-state index < -0.39 is 12.0 Å². The van der Waals surface area contributed by atoms with Crippen molar-refractivity contribution in [1.82, 2.24) is 20.2 Å². The van der Waals surface area contributed by atoms with E-state index in [-0.39, 0.29) is 5.16 Å². The van der Waals surface area contributed by atoms with Crippen LogP contribution in [0.5, 0.6) is 0 Å². The van der Waals surface area contributed by atoms with E-state index >= 15 is 0 Å². The van der Waals surface area contributed by atoms with Crippen molar-refractivity contribution in [3.05, 3.63) is 0 Å². The van der Waals surface area contributed by atoms with E-state index in [1.54, 1.807) is 0 Å². The summed E-state index contributed by atoms with van der Waals surface area (Å²) < 4.78 is 1.24. The molecule has 84 valence electrons. The highest BCUT2D eigenvalue weighted by Crippen LogP contribution is 2.17. The third kappa shape index (κ3) is 3.19. The molecular weight excluding hydrogens is 216 g/mol. The highest BCUT2D eigenvalue weighted by Gasteiger charge is 2.22. The fourth-order valence-electron chi connectivity index (χ4n) is 1.33. The number of unbranched alkanes of at least 4 members (excludes halogenated alkanes) is 2. The molecule has 0 aliphatic heterocycles. The second-order valence-electron chi connectivity index (χ2n) is 3.27. The topological polar surface area (TPSA) is 80.9 Å². The molecule has 0 radical (unpaired) electrons. The van der Waals surface area contributed by atoms with Gasteiger partial charge in [-0.2, -0.15) is 0 Å². The van der Waals surface area contributed by atoms with Crippen LogP contribution in [0.4, 0.5) is 0 Å². The van der Waals surface area contributed by atoms with E-state index in [0.29, 0.717) is 6.42 Å². The Bertz CT molecular complexity index is 328. The summed E-state index contributed by atoms with van der Waals surface area (Å²) in [7, 11) is 0. The van der Waals surface area contributed by atoms with Crippen molar-refractivity contribution in [2.45, 2.75) is 43.8 Å². The van der Waals surface area contributed by atoms with Gasteiger partial charge in [0.2, 0.25) is 5.16 Å². The highest BCUT2D eigenvalue weighted by molar-refractivity contribution is 7.80. The van der Waals surface area contributed by atoms with Gasteiger partial charge >= 0.3 is 5.97 Å². The summed E-state index contributed by atoms with van der Waals surface area (Å²) >= 11 is 3.99. The number of aromatic nitrogens is 4. The molecule has 0 spiro atoms. The average Bonchev–Trinajstić information content (AvgIpc) is 2.59. The van der Waals surface area contributed by atoms with Crippen molar-refractivity contribution < 1.29 is 9.90 Å². The number of rotatable bonds is 6. The van der Waals surface area contributed by atoms with Crippen LogP contribution in [0.1, 0.15) is 38.6 Å². The van der Waals surface area contributed by atoms with Crippen molar-refractivity contribution >= 4 is 18.6 Å². The molecule has 0 saturated heterocycles. The number of tetrazole rings is 1. The van der Waals surface area contributed by atoms with Crippen LogP contribution in [-0.2, 0) is 4.79 Å².